The van der Waals surface area contributed by atoms with E-state index in [4.69, 9.17) is 9.26 Å². The molecule has 3 aromatic rings. The Morgan fingerprint density at radius 1 is 1.23 bits per heavy atom. The zero-order valence-electron chi connectivity index (χ0n) is 20.6. The Labute approximate surface area is 204 Å². The van der Waals surface area contributed by atoms with E-state index in [1.54, 1.807) is 38.7 Å². The molecule has 1 saturated carbocycles. The van der Waals surface area contributed by atoms with Crippen LogP contribution in [0.4, 0.5) is 5.82 Å². The SMILES string of the molecule is COCc1noc(C)c1-c1ccc(NC(=O)[C@@H](NC(=O)c2ccnn2C)C2CCC(C)CC2)nc1. The fourth-order valence-corrected chi connectivity index (χ4v) is 4.67. The van der Waals surface area contributed by atoms with Gasteiger partial charge in [-0.05, 0) is 49.8 Å². The summed E-state index contributed by atoms with van der Waals surface area (Å²) in [5, 5.41) is 13.9. The molecule has 0 radical (unpaired) electrons. The molecule has 1 aliphatic carbocycles. The lowest BCUT2D eigenvalue weighted by atomic mass is 9.79. The smallest absolute Gasteiger partial charge is 0.270 e. The number of methoxy groups -OCH3 is 1. The summed E-state index contributed by atoms with van der Waals surface area (Å²) >= 11 is 0. The molecule has 3 heterocycles. The van der Waals surface area contributed by atoms with Gasteiger partial charge >= 0.3 is 0 Å². The second-order valence-electron chi connectivity index (χ2n) is 9.23. The van der Waals surface area contributed by atoms with Crippen LogP contribution >= 0.6 is 0 Å². The highest BCUT2D eigenvalue weighted by Gasteiger charge is 2.33. The second kappa shape index (κ2) is 10.8. The number of nitrogens with zero attached hydrogens (tertiary/aromatic N) is 4. The van der Waals surface area contributed by atoms with E-state index in [-0.39, 0.29) is 17.7 Å². The lowest BCUT2D eigenvalue weighted by molar-refractivity contribution is -0.119. The third-order valence-electron chi connectivity index (χ3n) is 6.67. The number of hydrogen-bond acceptors (Lipinski definition) is 7. The van der Waals surface area contributed by atoms with Crippen LogP contribution in [0, 0.1) is 18.8 Å². The largest absolute Gasteiger partial charge is 0.378 e. The maximum Gasteiger partial charge on any atom is 0.270 e. The van der Waals surface area contributed by atoms with Gasteiger partial charge < -0.3 is 19.9 Å². The molecule has 10 heteroatoms. The Morgan fingerprint density at radius 3 is 2.63 bits per heavy atom. The van der Waals surface area contributed by atoms with Crippen molar-refractivity contribution in [1.82, 2.24) is 25.2 Å². The van der Waals surface area contributed by atoms with Gasteiger partial charge in [0.15, 0.2) is 0 Å². The van der Waals surface area contributed by atoms with Crippen LogP contribution in [0.5, 0.6) is 0 Å². The second-order valence-corrected chi connectivity index (χ2v) is 9.23. The Hall–Kier alpha value is -3.53. The third-order valence-corrected chi connectivity index (χ3v) is 6.67. The van der Waals surface area contributed by atoms with Crippen molar-refractivity contribution in [2.75, 3.05) is 12.4 Å². The van der Waals surface area contributed by atoms with Crippen molar-refractivity contribution < 1.29 is 18.8 Å². The standard InChI is InChI=1S/C25H32N6O4/c1-15-5-7-17(8-6-15)23(29-24(32)20-11-12-27-31(20)3)25(33)28-21-10-9-18(13-26-21)22-16(2)35-30-19(22)14-34-4/h9-13,15,17,23H,5-8,14H2,1-4H3,(H,29,32)(H,26,28,33)/t15?,17?,23-/m0/s1. The van der Waals surface area contributed by atoms with E-state index >= 15 is 0 Å². The predicted octanol–water partition coefficient (Wildman–Crippen LogP) is 3.49. The summed E-state index contributed by atoms with van der Waals surface area (Å²) in [6.45, 7) is 4.38. The van der Waals surface area contributed by atoms with Gasteiger partial charge in [0.1, 0.15) is 29.0 Å². The van der Waals surface area contributed by atoms with E-state index in [1.807, 2.05) is 13.0 Å². The lowest BCUT2D eigenvalue weighted by Gasteiger charge is -2.32. The number of hydrogen-bond donors (Lipinski definition) is 2. The first kappa shape index (κ1) is 24.6. The molecule has 1 aliphatic rings. The lowest BCUT2D eigenvalue weighted by Crippen LogP contribution is -2.49. The number of rotatable bonds is 8. The van der Waals surface area contributed by atoms with Crippen LogP contribution < -0.4 is 10.6 Å². The molecule has 3 aromatic heterocycles. The number of carbonyl (C=O) groups excluding carboxylic acids is 2. The summed E-state index contributed by atoms with van der Waals surface area (Å²) in [5.74, 6) is 1.16. The Morgan fingerprint density at radius 2 is 2.00 bits per heavy atom. The predicted molar refractivity (Wildman–Crippen MR) is 129 cm³/mol. The first-order valence-electron chi connectivity index (χ1n) is 11.9. The number of aromatic nitrogens is 4. The molecule has 0 bridgehead atoms. The van der Waals surface area contributed by atoms with Crippen LogP contribution in [0.15, 0.2) is 35.1 Å². The van der Waals surface area contributed by atoms with Gasteiger partial charge in [0.2, 0.25) is 5.91 Å². The van der Waals surface area contributed by atoms with E-state index in [9.17, 15) is 9.59 Å². The van der Waals surface area contributed by atoms with E-state index in [2.05, 4.69) is 32.8 Å². The molecule has 0 saturated heterocycles. The van der Waals surface area contributed by atoms with Crippen LogP contribution in [-0.2, 0) is 23.2 Å². The third kappa shape index (κ3) is 5.59. The Kier molecular flexibility index (Phi) is 7.60. The molecule has 35 heavy (non-hydrogen) atoms. The van der Waals surface area contributed by atoms with Crippen molar-refractivity contribution in [3.8, 4) is 11.1 Å². The van der Waals surface area contributed by atoms with E-state index < -0.39 is 6.04 Å². The number of aryl methyl sites for hydroxylation is 2. The fraction of sp³-hybridized carbons (Fsp3) is 0.480. The average molecular weight is 481 g/mol. The van der Waals surface area contributed by atoms with Crippen LogP contribution in [0.3, 0.4) is 0 Å². The van der Waals surface area contributed by atoms with E-state index in [0.29, 0.717) is 35.5 Å². The normalized spacial score (nSPS) is 18.7. The number of ether oxygens (including phenoxy) is 1. The molecule has 0 aliphatic heterocycles. The van der Waals surface area contributed by atoms with Crippen molar-refractivity contribution in [1.29, 1.82) is 0 Å². The van der Waals surface area contributed by atoms with Crippen molar-refractivity contribution >= 4 is 17.6 Å². The van der Waals surface area contributed by atoms with Crippen LogP contribution in [0.2, 0.25) is 0 Å². The summed E-state index contributed by atoms with van der Waals surface area (Å²) in [5.41, 5.74) is 2.74. The summed E-state index contributed by atoms with van der Waals surface area (Å²) < 4.78 is 12.0. The molecule has 0 unspecified atom stereocenters. The molecule has 1 atom stereocenters. The van der Waals surface area contributed by atoms with Gasteiger partial charge in [-0.25, -0.2) is 4.98 Å². The number of anilines is 1. The summed E-state index contributed by atoms with van der Waals surface area (Å²) in [4.78, 5) is 30.7. The highest BCUT2D eigenvalue weighted by atomic mass is 16.5. The molecular formula is C25H32N6O4. The number of amides is 2. The van der Waals surface area contributed by atoms with Gasteiger partial charge in [-0.3, -0.25) is 14.3 Å². The maximum atomic E-state index is 13.4. The fourth-order valence-electron chi connectivity index (χ4n) is 4.67. The molecule has 2 amide bonds. The molecule has 10 nitrogen and oxygen atoms in total. The highest BCUT2D eigenvalue weighted by Crippen LogP contribution is 2.31. The minimum Gasteiger partial charge on any atom is -0.378 e. The molecule has 0 aromatic carbocycles. The molecular weight excluding hydrogens is 448 g/mol. The summed E-state index contributed by atoms with van der Waals surface area (Å²) in [6.07, 6.45) is 7.06. The van der Waals surface area contributed by atoms with Crippen LogP contribution in [0.25, 0.3) is 11.1 Å². The number of carbonyl (C=O) groups is 2. The molecule has 4 rings (SSSR count). The van der Waals surface area contributed by atoms with E-state index in [0.717, 1.165) is 36.8 Å². The molecule has 186 valence electrons. The van der Waals surface area contributed by atoms with Gasteiger partial charge in [-0.1, -0.05) is 24.9 Å². The zero-order chi connectivity index (χ0) is 24.9. The monoisotopic (exact) mass is 480 g/mol. The van der Waals surface area contributed by atoms with Gasteiger partial charge in [-0.15, -0.1) is 0 Å². The minimum atomic E-state index is -0.667. The van der Waals surface area contributed by atoms with Gasteiger partial charge in [0.05, 0.1) is 12.2 Å². The summed E-state index contributed by atoms with van der Waals surface area (Å²) in [7, 11) is 3.30. The molecule has 0 spiro atoms. The van der Waals surface area contributed by atoms with Gasteiger partial charge in [0, 0.05) is 32.1 Å². The number of nitrogens with one attached hydrogen (secondary N) is 2. The van der Waals surface area contributed by atoms with Gasteiger partial charge in [-0.2, -0.15) is 5.10 Å². The van der Waals surface area contributed by atoms with Crippen molar-refractivity contribution in [2.24, 2.45) is 18.9 Å². The van der Waals surface area contributed by atoms with Crippen LogP contribution in [-0.4, -0.2) is 44.9 Å². The van der Waals surface area contributed by atoms with Gasteiger partial charge in [0.25, 0.3) is 5.91 Å². The highest BCUT2D eigenvalue weighted by molar-refractivity contribution is 6.00. The van der Waals surface area contributed by atoms with Crippen molar-refractivity contribution in [3.63, 3.8) is 0 Å². The molecule has 1 fully saturated rings. The topological polar surface area (TPSA) is 124 Å². The maximum absolute atomic E-state index is 13.4. The van der Waals surface area contributed by atoms with Crippen molar-refractivity contribution in [2.45, 2.75) is 52.2 Å². The molecule has 2 N–H and O–H groups in total. The average Bonchev–Trinajstić information content (AvgIpc) is 3.44. The quantitative estimate of drug-likeness (QED) is 0.506. The Balaban J connectivity index is 1.50. The Bertz CT molecular complexity index is 1160. The van der Waals surface area contributed by atoms with Crippen molar-refractivity contribution in [3.05, 3.63) is 47.7 Å². The van der Waals surface area contributed by atoms with E-state index in [1.165, 1.54) is 4.68 Å². The van der Waals surface area contributed by atoms with Crippen LogP contribution in [0.1, 0.15) is 54.5 Å². The first-order chi connectivity index (χ1) is 16.9. The zero-order valence-corrected chi connectivity index (χ0v) is 20.6. The minimum absolute atomic E-state index is 0.0545. The number of pyridine rings is 1. The first-order valence-corrected chi connectivity index (χ1v) is 11.9. The summed E-state index contributed by atoms with van der Waals surface area (Å²) in [6, 6.07) is 4.56.